The molecular formula is C4H4K2O13Zr. The Labute approximate surface area is 214 Å². The van der Waals surface area contributed by atoms with Gasteiger partial charge in [-0.25, -0.2) is 0 Å². The second kappa shape index (κ2) is 42.7. The van der Waals surface area contributed by atoms with Crippen molar-refractivity contribution >= 4 is 24.6 Å². The van der Waals surface area contributed by atoms with Crippen LogP contribution in [0.25, 0.3) is 0 Å². The minimum absolute atomic E-state index is 0. The van der Waals surface area contributed by atoms with E-state index in [9.17, 15) is 0 Å². The molecule has 0 aromatic heterocycles. The summed E-state index contributed by atoms with van der Waals surface area (Å²) in [4.78, 5) is 33.8. The van der Waals surface area contributed by atoms with Crippen molar-refractivity contribution in [1.82, 2.24) is 0 Å². The van der Waals surface area contributed by atoms with E-state index in [2.05, 4.69) is 0 Å². The van der Waals surface area contributed by atoms with Gasteiger partial charge in [-0.15, -0.1) is 0 Å². The topological polar surface area (TPSA) is 270 Å². The van der Waals surface area contributed by atoms with Gasteiger partial charge in [0.1, 0.15) is 0 Å². The maximum atomic E-state index is 8.44. The van der Waals surface area contributed by atoms with Crippen LogP contribution in [0.5, 0.6) is 0 Å². The molecular weight excluding hydrogens is 425 g/mol. The van der Waals surface area contributed by atoms with E-state index < -0.39 is 24.6 Å². The summed E-state index contributed by atoms with van der Waals surface area (Å²) < 4.78 is 0. The van der Waals surface area contributed by atoms with Gasteiger partial charge in [0.2, 0.25) is 24.6 Å². The van der Waals surface area contributed by atoms with E-state index in [1.54, 1.807) is 0 Å². The van der Waals surface area contributed by atoms with Crippen molar-refractivity contribution in [3.05, 3.63) is 0 Å². The molecule has 0 radical (unpaired) electrons. The Morgan fingerprint density at radius 1 is 0.550 bits per heavy atom. The fourth-order valence-corrected chi connectivity index (χ4v) is 0. The Morgan fingerprint density at radius 2 is 0.550 bits per heavy atom. The molecule has 0 heterocycles. The Hall–Kier alpha value is 1.20. The minimum Gasteiger partial charge on any atom is -2.00 e. The predicted molar refractivity (Wildman–Crippen MR) is 32.8 cm³/mol. The molecule has 0 aliphatic heterocycles. The van der Waals surface area contributed by atoms with Gasteiger partial charge in [0.25, 0.3) is 0 Å². The van der Waals surface area contributed by atoms with Gasteiger partial charge in [0.05, 0.1) is 0 Å². The molecule has 0 aromatic rings. The summed E-state index contributed by atoms with van der Waals surface area (Å²) in [5, 5.41) is 61.2. The molecule has 0 spiro atoms. The first-order valence-electron chi connectivity index (χ1n) is 2.53. The SMILES string of the molecule is O=C([O-])O.O=C([O-])O.O=C([O-])O.O=C([O-])O.[K+].[K+].[O-2].[Zr+4]. The molecule has 20 heavy (non-hydrogen) atoms. The van der Waals surface area contributed by atoms with Gasteiger partial charge >= 0.3 is 129 Å². The Kier molecular flexibility index (Phi) is 106. The van der Waals surface area contributed by atoms with Gasteiger partial charge in [-0.05, 0) is 0 Å². The van der Waals surface area contributed by atoms with Crippen molar-refractivity contribution in [2.24, 2.45) is 0 Å². The zero-order chi connectivity index (χ0) is 14.3. The molecule has 0 unspecified atom stereocenters. The third-order valence-electron chi connectivity index (χ3n) is 0. The van der Waals surface area contributed by atoms with Crippen molar-refractivity contribution in [3.8, 4) is 0 Å². The quantitative estimate of drug-likeness (QED) is 0.261. The zero-order valence-electron chi connectivity index (χ0n) is 9.96. The molecule has 16 heteroatoms. The summed E-state index contributed by atoms with van der Waals surface area (Å²) in [6.07, 6.45) is -8.33. The van der Waals surface area contributed by atoms with E-state index >= 15 is 0 Å². The van der Waals surface area contributed by atoms with Crippen LogP contribution in [0.15, 0.2) is 0 Å². The fourth-order valence-electron chi connectivity index (χ4n) is 0. The summed E-state index contributed by atoms with van der Waals surface area (Å²) in [5.41, 5.74) is 0. The molecule has 0 amide bonds. The van der Waals surface area contributed by atoms with E-state index in [0.717, 1.165) is 0 Å². The third-order valence-corrected chi connectivity index (χ3v) is 0. The van der Waals surface area contributed by atoms with Crippen LogP contribution >= 0.6 is 0 Å². The maximum absolute atomic E-state index is 8.44. The first-order chi connectivity index (χ1) is 6.93. The van der Waals surface area contributed by atoms with Crippen LogP contribution in [0.2, 0.25) is 0 Å². The Morgan fingerprint density at radius 3 is 0.550 bits per heavy atom. The van der Waals surface area contributed by atoms with Crippen molar-refractivity contribution < 1.29 is 194 Å². The van der Waals surface area contributed by atoms with E-state index in [-0.39, 0.29) is 134 Å². The van der Waals surface area contributed by atoms with Gasteiger partial charge in [-0.1, -0.05) is 0 Å². The summed E-state index contributed by atoms with van der Waals surface area (Å²) >= 11 is 0. The monoisotopic (exact) mass is 428 g/mol. The fraction of sp³-hybridized carbons (Fsp3) is 0. The molecule has 13 nitrogen and oxygen atoms in total. The molecule has 0 saturated heterocycles. The number of rotatable bonds is 0. The maximum Gasteiger partial charge on any atom is 4.00 e. The summed E-state index contributed by atoms with van der Waals surface area (Å²) in [6, 6.07) is 0. The van der Waals surface area contributed by atoms with Gasteiger partial charge in [0.15, 0.2) is 0 Å². The van der Waals surface area contributed by atoms with Gasteiger partial charge in [0, 0.05) is 0 Å². The molecule has 0 aliphatic carbocycles. The van der Waals surface area contributed by atoms with Crippen LogP contribution in [0.4, 0.5) is 19.2 Å². The van der Waals surface area contributed by atoms with Crippen LogP contribution in [0.1, 0.15) is 0 Å². The van der Waals surface area contributed by atoms with Crippen LogP contribution in [0.3, 0.4) is 0 Å². The number of hydrogen-bond acceptors (Lipinski definition) is 8. The van der Waals surface area contributed by atoms with Gasteiger partial charge in [-0.3, -0.25) is 0 Å². The van der Waals surface area contributed by atoms with E-state index in [1.165, 1.54) is 0 Å². The molecule has 0 fully saturated rings. The smallest absolute Gasteiger partial charge is 2.00 e. The van der Waals surface area contributed by atoms with Crippen LogP contribution in [-0.4, -0.2) is 45.0 Å². The molecule has 0 rings (SSSR count). The zero-order valence-corrected chi connectivity index (χ0v) is 18.7. The first-order valence-corrected chi connectivity index (χ1v) is 2.53. The standard InChI is InChI=1S/4CH2O3.2K.O.Zr/c4*2-1(3)4;;;;/h4*(H2,2,3,4);;;;/q;;;;2*+1;-2;+4/p-4. The van der Waals surface area contributed by atoms with Crippen molar-refractivity contribution in [2.75, 3.05) is 0 Å². The molecule has 0 saturated carbocycles. The number of carboxylic acid groups (broad SMARTS) is 8. The van der Waals surface area contributed by atoms with E-state index in [0.29, 0.717) is 0 Å². The molecule has 4 N–H and O–H groups in total. The minimum atomic E-state index is -2.08. The second-order valence-electron chi connectivity index (χ2n) is 1.06. The largest absolute Gasteiger partial charge is 4.00 e. The second-order valence-corrected chi connectivity index (χ2v) is 1.06. The average molecular weight is 429 g/mol. The van der Waals surface area contributed by atoms with Crippen LogP contribution in [-0.2, 0) is 31.7 Å². The van der Waals surface area contributed by atoms with Crippen LogP contribution < -0.4 is 123 Å². The van der Waals surface area contributed by atoms with Crippen molar-refractivity contribution in [3.63, 3.8) is 0 Å². The van der Waals surface area contributed by atoms with Crippen molar-refractivity contribution in [1.29, 1.82) is 0 Å². The molecule has 0 aliphatic rings. The van der Waals surface area contributed by atoms with Crippen LogP contribution in [0, 0.1) is 0 Å². The third kappa shape index (κ3) is 4440. The van der Waals surface area contributed by atoms with E-state index in [4.69, 9.17) is 60.0 Å². The summed E-state index contributed by atoms with van der Waals surface area (Å²) in [7, 11) is 0. The normalized spacial score (nSPS) is 4.80. The molecule has 0 atom stereocenters. The molecule has 0 bridgehead atoms. The predicted octanol–water partition coefficient (Wildman–Crippen LogP) is -10.6. The average Bonchev–Trinajstić information content (AvgIpc) is 1.76. The Bertz CT molecular complexity index is 168. The molecule has 0 aromatic carbocycles. The van der Waals surface area contributed by atoms with E-state index in [1.807, 2.05) is 0 Å². The number of carbonyl (C=O) groups is 4. The number of hydrogen-bond donors (Lipinski definition) is 4. The molecule has 104 valence electrons. The van der Waals surface area contributed by atoms with Gasteiger partial charge in [-0.2, -0.15) is 0 Å². The summed E-state index contributed by atoms with van der Waals surface area (Å²) in [6.45, 7) is 0. The van der Waals surface area contributed by atoms with Gasteiger partial charge < -0.3 is 65.5 Å². The van der Waals surface area contributed by atoms with Crippen molar-refractivity contribution in [2.45, 2.75) is 0 Å². The first kappa shape index (κ1) is 49.6. The summed E-state index contributed by atoms with van der Waals surface area (Å²) in [5.74, 6) is 0. The Balaban J connectivity index is -0.0000000150.